The summed E-state index contributed by atoms with van der Waals surface area (Å²) in [6, 6.07) is 14.9. The first kappa shape index (κ1) is 16.5. The topological polar surface area (TPSA) is 55.4 Å². The third-order valence-corrected chi connectivity index (χ3v) is 3.35. The standard InChI is InChI=1S/C19H19NO3/c1-14-3-5-15(6-4-14)9-12-18(21)20-13-16-7-10-17(11-8-16)19(22)23-2/h3-12H,13H2,1-2H3,(H,20,21)/b12-9+. The van der Waals surface area contributed by atoms with Crippen molar-refractivity contribution in [2.24, 2.45) is 0 Å². The van der Waals surface area contributed by atoms with Crippen molar-refractivity contribution in [3.05, 3.63) is 76.9 Å². The van der Waals surface area contributed by atoms with Crippen molar-refractivity contribution in [2.45, 2.75) is 13.5 Å². The van der Waals surface area contributed by atoms with Gasteiger partial charge in [-0.3, -0.25) is 4.79 Å². The molecule has 0 atom stereocenters. The van der Waals surface area contributed by atoms with E-state index >= 15 is 0 Å². The summed E-state index contributed by atoms with van der Waals surface area (Å²) < 4.78 is 4.64. The number of benzene rings is 2. The number of hydrogen-bond acceptors (Lipinski definition) is 3. The zero-order valence-electron chi connectivity index (χ0n) is 13.2. The Kier molecular flexibility index (Phi) is 5.69. The Bertz CT molecular complexity index is 700. The SMILES string of the molecule is COC(=O)c1ccc(CNC(=O)/C=C/c2ccc(C)cc2)cc1. The lowest BCUT2D eigenvalue weighted by molar-refractivity contribution is -0.116. The van der Waals surface area contributed by atoms with E-state index in [4.69, 9.17) is 0 Å². The molecule has 2 rings (SSSR count). The number of rotatable bonds is 5. The van der Waals surface area contributed by atoms with Crippen molar-refractivity contribution in [3.8, 4) is 0 Å². The quantitative estimate of drug-likeness (QED) is 0.682. The first-order chi connectivity index (χ1) is 11.1. The number of ether oxygens (including phenoxy) is 1. The molecule has 0 aliphatic carbocycles. The Hall–Kier alpha value is -2.88. The van der Waals surface area contributed by atoms with Gasteiger partial charge in [0.05, 0.1) is 12.7 Å². The van der Waals surface area contributed by atoms with Crippen LogP contribution in [0.3, 0.4) is 0 Å². The summed E-state index contributed by atoms with van der Waals surface area (Å²) in [7, 11) is 1.34. The van der Waals surface area contributed by atoms with Crippen LogP contribution in [0.2, 0.25) is 0 Å². The van der Waals surface area contributed by atoms with Crippen LogP contribution >= 0.6 is 0 Å². The summed E-state index contributed by atoms with van der Waals surface area (Å²) in [6.45, 7) is 2.42. The van der Waals surface area contributed by atoms with Crippen molar-refractivity contribution in [1.82, 2.24) is 5.32 Å². The smallest absolute Gasteiger partial charge is 0.337 e. The van der Waals surface area contributed by atoms with Crippen molar-refractivity contribution < 1.29 is 14.3 Å². The molecular formula is C19H19NO3. The average Bonchev–Trinajstić information content (AvgIpc) is 2.59. The van der Waals surface area contributed by atoms with E-state index in [1.54, 1.807) is 30.3 Å². The molecule has 4 nitrogen and oxygen atoms in total. The lowest BCUT2D eigenvalue weighted by Gasteiger charge is -2.04. The van der Waals surface area contributed by atoms with Crippen LogP contribution in [-0.2, 0) is 16.1 Å². The molecular weight excluding hydrogens is 290 g/mol. The van der Waals surface area contributed by atoms with Gasteiger partial charge in [0.15, 0.2) is 0 Å². The number of nitrogens with one attached hydrogen (secondary N) is 1. The number of carbonyl (C=O) groups excluding carboxylic acids is 2. The van der Waals surface area contributed by atoms with E-state index in [9.17, 15) is 9.59 Å². The number of esters is 1. The highest BCUT2D eigenvalue weighted by Gasteiger charge is 2.04. The molecule has 0 radical (unpaired) electrons. The summed E-state index contributed by atoms with van der Waals surface area (Å²) >= 11 is 0. The van der Waals surface area contributed by atoms with E-state index in [1.165, 1.54) is 18.7 Å². The van der Waals surface area contributed by atoms with Gasteiger partial charge in [0.1, 0.15) is 0 Å². The van der Waals surface area contributed by atoms with E-state index in [1.807, 2.05) is 31.2 Å². The second kappa shape index (κ2) is 7.94. The van der Waals surface area contributed by atoms with Crippen LogP contribution in [0.25, 0.3) is 6.08 Å². The number of carbonyl (C=O) groups is 2. The molecule has 23 heavy (non-hydrogen) atoms. The van der Waals surface area contributed by atoms with Gasteiger partial charge in [-0.1, -0.05) is 42.0 Å². The molecule has 0 aromatic heterocycles. The zero-order valence-corrected chi connectivity index (χ0v) is 13.2. The molecule has 4 heteroatoms. The van der Waals surface area contributed by atoms with Gasteiger partial charge in [-0.2, -0.15) is 0 Å². The lowest BCUT2D eigenvalue weighted by Crippen LogP contribution is -2.20. The van der Waals surface area contributed by atoms with E-state index in [0.717, 1.165) is 11.1 Å². The first-order valence-electron chi connectivity index (χ1n) is 7.28. The van der Waals surface area contributed by atoms with Crippen molar-refractivity contribution in [2.75, 3.05) is 7.11 Å². The van der Waals surface area contributed by atoms with Crippen LogP contribution in [-0.4, -0.2) is 19.0 Å². The fourth-order valence-corrected chi connectivity index (χ4v) is 1.97. The highest BCUT2D eigenvalue weighted by Crippen LogP contribution is 2.06. The number of methoxy groups -OCH3 is 1. The molecule has 0 heterocycles. The van der Waals surface area contributed by atoms with Gasteiger partial charge in [0, 0.05) is 12.6 Å². The monoisotopic (exact) mass is 309 g/mol. The van der Waals surface area contributed by atoms with Gasteiger partial charge in [0.2, 0.25) is 5.91 Å². The number of amides is 1. The molecule has 0 unspecified atom stereocenters. The Morgan fingerprint density at radius 2 is 1.70 bits per heavy atom. The Morgan fingerprint density at radius 3 is 2.30 bits per heavy atom. The van der Waals surface area contributed by atoms with Crippen molar-refractivity contribution >= 4 is 18.0 Å². The molecule has 1 amide bonds. The minimum atomic E-state index is -0.374. The molecule has 1 N–H and O–H groups in total. The van der Waals surface area contributed by atoms with Gasteiger partial charge in [-0.05, 0) is 36.3 Å². The molecule has 0 saturated carbocycles. The molecule has 0 aliphatic heterocycles. The van der Waals surface area contributed by atoms with Crippen LogP contribution in [0, 0.1) is 6.92 Å². The van der Waals surface area contributed by atoms with E-state index in [0.29, 0.717) is 12.1 Å². The van der Waals surface area contributed by atoms with Crippen molar-refractivity contribution in [1.29, 1.82) is 0 Å². The maximum absolute atomic E-state index is 11.8. The van der Waals surface area contributed by atoms with Crippen LogP contribution in [0.5, 0.6) is 0 Å². The number of hydrogen-bond donors (Lipinski definition) is 1. The second-order valence-electron chi connectivity index (χ2n) is 5.15. The highest BCUT2D eigenvalue weighted by atomic mass is 16.5. The predicted octanol–water partition coefficient (Wildman–Crippen LogP) is 3.11. The largest absolute Gasteiger partial charge is 0.465 e. The fourth-order valence-electron chi connectivity index (χ4n) is 1.97. The zero-order chi connectivity index (χ0) is 16.7. The molecule has 0 fully saturated rings. The maximum Gasteiger partial charge on any atom is 0.337 e. The minimum Gasteiger partial charge on any atom is -0.465 e. The predicted molar refractivity (Wildman–Crippen MR) is 89.8 cm³/mol. The Labute approximate surface area is 135 Å². The summed E-state index contributed by atoms with van der Waals surface area (Å²) in [5.74, 6) is -0.538. The third kappa shape index (κ3) is 5.11. The molecule has 2 aromatic carbocycles. The van der Waals surface area contributed by atoms with Crippen LogP contribution in [0.15, 0.2) is 54.6 Å². The summed E-state index contributed by atoms with van der Waals surface area (Å²) in [5, 5.41) is 2.80. The molecule has 0 saturated heterocycles. The number of aryl methyl sites for hydroxylation is 1. The Balaban J connectivity index is 1.86. The molecule has 0 spiro atoms. The normalized spacial score (nSPS) is 10.5. The molecule has 2 aromatic rings. The average molecular weight is 309 g/mol. The minimum absolute atomic E-state index is 0.164. The molecule has 118 valence electrons. The first-order valence-corrected chi connectivity index (χ1v) is 7.28. The third-order valence-electron chi connectivity index (χ3n) is 3.35. The highest BCUT2D eigenvalue weighted by molar-refractivity contribution is 5.91. The second-order valence-corrected chi connectivity index (χ2v) is 5.15. The molecule has 0 bridgehead atoms. The van der Waals surface area contributed by atoms with Crippen molar-refractivity contribution in [3.63, 3.8) is 0 Å². The van der Waals surface area contributed by atoms with E-state index < -0.39 is 0 Å². The summed E-state index contributed by atoms with van der Waals surface area (Å²) in [4.78, 5) is 23.1. The van der Waals surface area contributed by atoms with Gasteiger partial charge >= 0.3 is 5.97 Å². The van der Waals surface area contributed by atoms with Gasteiger partial charge in [-0.15, -0.1) is 0 Å². The Morgan fingerprint density at radius 1 is 1.04 bits per heavy atom. The fraction of sp³-hybridized carbons (Fsp3) is 0.158. The summed E-state index contributed by atoms with van der Waals surface area (Å²) in [5.41, 5.74) is 3.56. The van der Waals surface area contributed by atoms with E-state index in [-0.39, 0.29) is 11.9 Å². The van der Waals surface area contributed by atoms with Crippen LogP contribution in [0.1, 0.15) is 27.0 Å². The summed E-state index contributed by atoms with van der Waals surface area (Å²) in [6.07, 6.45) is 3.28. The maximum atomic E-state index is 11.8. The van der Waals surface area contributed by atoms with Crippen LogP contribution < -0.4 is 5.32 Å². The van der Waals surface area contributed by atoms with Gasteiger partial charge in [0.25, 0.3) is 0 Å². The van der Waals surface area contributed by atoms with Gasteiger partial charge in [-0.25, -0.2) is 4.79 Å². The lowest BCUT2D eigenvalue weighted by atomic mass is 10.1. The van der Waals surface area contributed by atoms with Gasteiger partial charge < -0.3 is 10.1 Å². The molecule has 0 aliphatic rings. The van der Waals surface area contributed by atoms with E-state index in [2.05, 4.69) is 10.1 Å². The van der Waals surface area contributed by atoms with Crippen LogP contribution in [0.4, 0.5) is 0 Å².